The van der Waals surface area contributed by atoms with Crippen LogP contribution >= 0.6 is 0 Å². The zero-order valence-electron chi connectivity index (χ0n) is 15.5. The number of rotatable bonds is 5. The van der Waals surface area contributed by atoms with Crippen molar-refractivity contribution in [2.45, 2.75) is 52.7 Å². The highest BCUT2D eigenvalue weighted by molar-refractivity contribution is 5.66. The predicted molar refractivity (Wildman–Crippen MR) is 102 cm³/mol. The Balaban J connectivity index is 1.49. The van der Waals surface area contributed by atoms with Crippen LogP contribution in [0.25, 0.3) is 11.1 Å². The quantitative estimate of drug-likeness (QED) is 0.852. The summed E-state index contributed by atoms with van der Waals surface area (Å²) in [4.78, 5) is 5.99. The number of nitrogens with one attached hydrogen (secondary N) is 1. The zero-order valence-corrected chi connectivity index (χ0v) is 15.5. The standard InChI is InChI=1S/C22H28N2O/c1-22(2,3)15-24-14-19-12-18(7-10-21(19)25-24)17-6-4-5-16(11-17)13-23-20-8-9-20/h4-7,10-12,20,23H,8-9,13-15H2,1-3H3. The molecule has 1 aliphatic carbocycles. The fourth-order valence-electron chi connectivity index (χ4n) is 3.36. The van der Waals surface area contributed by atoms with Gasteiger partial charge in [0, 0.05) is 24.7 Å². The summed E-state index contributed by atoms with van der Waals surface area (Å²) in [5.74, 6) is 1.000. The SMILES string of the molecule is CC(C)(C)CN1Cc2cc(-c3cccc(CNC4CC4)c3)ccc2O1. The minimum atomic E-state index is 0.230. The number of hydroxylamine groups is 2. The number of hydrogen-bond acceptors (Lipinski definition) is 3. The van der Waals surface area contributed by atoms with E-state index >= 15 is 0 Å². The van der Waals surface area contributed by atoms with Crippen LogP contribution in [0.15, 0.2) is 42.5 Å². The molecule has 0 unspecified atom stereocenters. The zero-order chi connectivity index (χ0) is 17.4. The molecule has 2 aromatic rings. The van der Waals surface area contributed by atoms with E-state index in [1.165, 1.54) is 35.1 Å². The Kier molecular flexibility index (Phi) is 4.30. The second-order valence-corrected chi connectivity index (χ2v) is 8.63. The Morgan fingerprint density at radius 1 is 1.08 bits per heavy atom. The minimum absolute atomic E-state index is 0.230. The Morgan fingerprint density at radius 2 is 1.88 bits per heavy atom. The molecule has 0 radical (unpaired) electrons. The van der Waals surface area contributed by atoms with Crippen molar-refractivity contribution in [2.75, 3.05) is 6.54 Å². The largest absolute Gasteiger partial charge is 0.405 e. The smallest absolute Gasteiger partial charge is 0.152 e. The van der Waals surface area contributed by atoms with Crippen molar-refractivity contribution in [1.82, 2.24) is 10.4 Å². The van der Waals surface area contributed by atoms with Gasteiger partial charge in [-0.15, -0.1) is 5.06 Å². The average Bonchev–Trinajstić information content (AvgIpc) is 3.30. The van der Waals surface area contributed by atoms with Crippen LogP contribution in [0.3, 0.4) is 0 Å². The van der Waals surface area contributed by atoms with Crippen molar-refractivity contribution in [1.29, 1.82) is 0 Å². The third-order valence-corrected chi connectivity index (χ3v) is 4.72. The van der Waals surface area contributed by atoms with Gasteiger partial charge in [-0.05, 0) is 53.1 Å². The molecule has 1 fully saturated rings. The van der Waals surface area contributed by atoms with E-state index in [2.05, 4.69) is 73.6 Å². The van der Waals surface area contributed by atoms with Crippen molar-refractivity contribution in [3.05, 3.63) is 53.6 Å². The fraction of sp³-hybridized carbons (Fsp3) is 0.455. The molecule has 3 nitrogen and oxygen atoms in total. The maximum absolute atomic E-state index is 5.99. The maximum atomic E-state index is 5.99. The van der Waals surface area contributed by atoms with Gasteiger partial charge in [0.1, 0.15) is 0 Å². The summed E-state index contributed by atoms with van der Waals surface area (Å²) in [7, 11) is 0. The molecule has 132 valence electrons. The highest BCUT2D eigenvalue weighted by atomic mass is 16.7. The predicted octanol–water partition coefficient (Wildman–Crippen LogP) is 4.76. The van der Waals surface area contributed by atoms with Gasteiger partial charge < -0.3 is 10.2 Å². The van der Waals surface area contributed by atoms with E-state index in [4.69, 9.17) is 4.84 Å². The van der Waals surface area contributed by atoms with E-state index in [0.29, 0.717) is 0 Å². The number of hydrogen-bond donors (Lipinski definition) is 1. The molecule has 1 N–H and O–H groups in total. The molecule has 3 heteroatoms. The van der Waals surface area contributed by atoms with Gasteiger partial charge in [-0.2, -0.15) is 0 Å². The third-order valence-electron chi connectivity index (χ3n) is 4.72. The van der Waals surface area contributed by atoms with Crippen LogP contribution < -0.4 is 10.2 Å². The first kappa shape index (κ1) is 16.6. The highest BCUT2D eigenvalue weighted by Crippen LogP contribution is 2.34. The summed E-state index contributed by atoms with van der Waals surface area (Å²) >= 11 is 0. The van der Waals surface area contributed by atoms with E-state index in [-0.39, 0.29) is 5.41 Å². The molecule has 25 heavy (non-hydrogen) atoms. The van der Waals surface area contributed by atoms with Crippen LogP contribution in [0.5, 0.6) is 5.75 Å². The van der Waals surface area contributed by atoms with Gasteiger partial charge in [-0.25, -0.2) is 0 Å². The normalized spacial score (nSPS) is 17.4. The van der Waals surface area contributed by atoms with E-state index in [0.717, 1.165) is 31.4 Å². The molecule has 1 heterocycles. The maximum Gasteiger partial charge on any atom is 0.152 e. The van der Waals surface area contributed by atoms with Crippen molar-refractivity contribution < 1.29 is 4.84 Å². The summed E-state index contributed by atoms with van der Waals surface area (Å²) in [5.41, 5.74) is 5.42. The summed E-state index contributed by atoms with van der Waals surface area (Å²) in [5, 5.41) is 5.67. The van der Waals surface area contributed by atoms with Gasteiger partial charge in [0.2, 0.25) is 0 Å². The first-order valence-electron chi connectivity index (χ1n) is 9.35. The molecule has 0 aromatic heterocycles. The van der Waals surface area contributed by atoms with E-state index in [1.807, 2.05) is 0 Å². The summed E-state index contributed by atoms with van der Waals surface area (Å²) in [6.45, 7) is 9.48. The van der Waals surface area contributed by atoms with Crippen LogP contribution in [-0.2, 0) is 13.1 Å². The lowest BCUT2D eigenvalue weighted by Crippen LogP contribution is -2.31. The van der Waals surface area contributed by atoms with Crippen molar-refractivity contribution in [3.8, 4) is 16.9 Å². The number of benzene rings is 2. The second kappa shape index (κ2) is 6.47. The lowest BCUT2D eigenvalue weighted by atomic mass is 9.96. The Morgan fingerprint density at radius 3 is 2.64 bits per heavy atom. The Bertz CT molecular complexity index is 759. The summed E-state index contributed by atoms with van der Waals surface area (Å²) < 4.78 is 0. The molecule has 0 amide bonds. The van der Waals surface area contributed by atoms with Gasteiger partial charge in [-0.1, -0.05) is 45.0 Å². The van der Waals surface area contributed by atoms with E-state index in [9.17, 15) is 0 Å². The van der Waals surface area contributed by atoms with Gasteiger partial charge in [0.15, 0.2) is 5.75 Å². The molecule has 0 atom stereocenters. The van der Waals surface area contributed by atoms with Crippen LogP contribution in [0.4, 0.5) is 0 Å². The molecule has 2 aliphatic rings. The van der Waals surface area contributed by atoms with Gasteiger partial charge in [0.05, 0.1) is 6.54 Å². The molecule has 0 saturated heterocycles. The van der Waals surface area contributed by atoms with Crippen molar-refractivity contribution in [3.63, 3.8) is 0 Å². The van der Waals surface area contributed by atoms with E-state index < -0.39 is 0 Å². The molecule has 4 rings (SSSR count). The minimum Gasteiger partial charge on any atom is -0.405 e. The molecule has 1 saturated carbocycles. The summed E-state index contributed by atoms with van der Waals surface area (Å²) in [6, 6.07) is 16.2. The fourth-order valence-corrected chi connectivity index (χ4v) is 3.36. The monoisotopic (exact) mass is 336 g/mol. The number of nitrogens with zero attached hydrogens (tertiary/aromatic N) is 1. The molecule has 1 aliphatic heterocycles. The van der Waals surface area contributed by atoms with Crippen LogP contribution in [0, 0.1) is 5.41 Å². The van der Waals surface area contributed by atoms with Crippen molar-refractivity contribution in [2.24, 2.45) is 5.41 Å². The molecule has 0 spiro atoms. The Labute approximate surface area is 151 Å². The third kappa shape index (κ3) is 4.23. The molecule has 0 bridgehead atoms. The van der Waals surface area contributed by atoms with Crippen LogP contribution in [-0.4, -0.2) is 17.6 Å². The second-order valence-electron chi connectivity index (χ2n) is 8.63. The first-order chi connectivity index (χ1) is 12.0. The lowest BCUT2D eigenvalue weighted by Gasteiger charge is -2.24. The highest BCUT2D eigenvalue weighted by Gasteiger charge is 2.25. The van der Waals surface area contributed by atoms with Gasteiger partial charge in [0.25, 0.3) is 0 Å². The van der Waals surface area contributed by atoms with Gasteiger partial charge in [-0.3, -0.25) is 0 Å². The summed E-state index contributed by atoms with van der Waals surface area (Å²) in [6.07, 6.45) is 2.66. The lowest BCUT2D eigenvalue weighted by molar-refractivity contribution is -0.0657. The topological polar surface area (TPSA) is 24.5 Å². The van der Waals surface area contributed by atoms with Crippen LogP contribution in [0.2, 0.25) is 0 Å². The molecular weight excluding hydrogens is 308 g/mol. The van der Waals surface area contributed by atoms with Crippen LogP contribution in [0.1, 0.15) is 44.7 Å². The van der Waals surface area contributed by atoms with E-state index in [1.54, 1.807) is 0 Å². The average molecular weight is 336 g/mol. The van der Waals surface area contributed by atoms with Gasteiger partial charge >= 0.3 is 0 Å². The number of fused-ring (bicyclic) bond motifs is 1. The molecular formula is C22H28N2O. The molecule has 2 aromatic carbocycles. The Hall–Kier alpha value is -1.84. The first-order valence-corrected chi connectivity index (χ1v) is 9.35. The van der Waals surface area contributed by atoms with Crippen molar-refractivity contribution >= 4 is 0 Å².